The summed E-state index contributed by atoms with van der Waals surface area (Å²) in [5, 5.41) is 0. The van der Waals surface area contributed by atoms with E-state index in [1.807, 2.05) is 0 Å². The van der Waals surface area contributed by atoms with Crippen LogP contribution in [0.15, 0.2) is 18.2 Å². The fraction of sp³-hybridized carbons (Fsp3) is 0.538. The number of hydrazine groups is 1. The molecular weight excluding hydrogens is 236 g/mol. The minimum absolute atomic E-state index is 0.0752. The van der Waals surface area contributed by atoms with Crippen molar-refractivity contribution in [3.8, 4) is 0 Å². The first-order chi connectivity index (χ1) is 8.52. The van der Waals surface area contributed by atoms with Gasteiger partial charge < -0.3 is 5.73 Å². The minimum Gasteiger partial charge on any atom is -0.314 e. The summed E-state index contributed by atoms with van der Waals surface area (Å²) >= 11 is 0. The number of benzene rings is 1. The van der Waals surface area contributed by atoms with Crippen molar-refractivity contribution < 1.29 is 8.78 Å². The Morgan fingerprint density at radius 2 is 1.83 bits per heavy atom. The summed E-state index contributed by atoms with van der Waals surface area (Å²) in [4.78, 5) is 0. The molecule has 0 aliphatic carbocycles. The van der Waals surface area contributed by atoms with Crippen LogP contribution in [0.4, 0.5) is 8.78 Å². The molecule has 0 amide bonds. The fourth-order valence-electron chi connectivity index (χ4n) is 2.53. The summed E-state index contributed by atoms with van der Waals surface area (Å²) in [6, 6.07) is 3.67. The molecule has 100 valence electrons. The van der Waals surface area contributed by atoms with Crippen molar-refractivity contribution in [3.63, 3.8) is 0 Å². The highest BCUT2D eigenvalue weighted by Crippen LogP contribution is 2.31. The van der Waals surface area contributed by atoms with Crippen LogP contribution in [-0.4, -0.2) is 12.2 Å². The molecule has 1 aromatic rings. The lowest BCUT2D eigenvalue weighted by Crippen LogP contribution is -2.39. The van der Waals surface area contributed by atoms with E-state index in [1.54, 1.807) is 0 Å². The van der Waals surface area contributed by atoms with E-state index >= 15 is 0 Å². The van der Waals surface area contributed by atoms with Gasteiger partial charge in [0.05, 0.1) is 6.17 Å². The maximum absolute atomic E-state index is 13.3. The first-order valence-corrected chi connectivity index (χ1v) is 6.25. The van der Waals surface area contributed by atoms with Crippen molar-refractivity contribution in [2.75, 3.05) is 0 Å². The molecule has 1 aliphatic rings. The van der Waals surface area contributed by atoms with Gasteiger partial charge in [0.25, 0.3) is 0 Å². The number of hydrogen-bond acceptors (Lipinski definition) is 3. The summed E-state index contributed by atoms with van der Waals surface area (Å²) in [5.74, 6) is -0.897. The number of nitrogens with one attached hydrogen (secondary N) is 2. The standard InChI is InChI=1S/C13H19F2N3/c1-3-7(2)12-11(13(16)18-17-12)8-4-9(14)6-10(15)5-8/h4-7,11-13,17-18H,3,16H2,1-2H3. The van der Waals surface area contributed by atoms with Crippen LogP contribution in [0.1, 0.15) is 31.7 Å². The Balaban J connectivity index is 2.33. The quantitative estimate of drug-likeness (QED) is 0.772. The molecule has 4 unspecified atom stereocenters. The zero-order valence-corrected chi connectivity index (χ0v) is 10.6. The predicted molar refractivity (Wildman–Crippen MR) is 66.6 cm³/mol. The second-order valence-electron chi connectivity index (χ2n) is 4.95. The highest BCUT2D eigenvalue weighted by molar-refractivity contribution is 5.26. The lowest BCUT2D eigenvalue weighted by atomic mass is 9.83. The van der Waals surface area contributed by atoms with Gasteiger partial charge in [-0.25, -0.2) is 14.2 Å². The van der Waals surface area contributed by atoms with Crippen molar-refractivity contribution in [1.29, 1.82) is 0 Å². The molecule has 2 rings (SSSR count). The molecular formula is C13H19F2N3. The summed E-state index contributed by atoms with van der Waals surface area (Å²) in [6.07, 6.45) is 0.630. The Morgan fingerprint density at radius 1 is 1.22 bits per heavy atom. The van der Waals surface area contributed by atoms with Crippen LogP contribution in [-0.2, 0) is 0 Å². The van der Waals surface area contributed by atoms with E-state index in [1.165, 1.54) is 12.1 Å². The van der Waals surface area contributed by atoms with Gasteiger partial charge in [0.2, 0.25) is 0 Å². The molecule has 4 atom stereocenters. The van der Waals surface area contributed by atoms with Gasteiger partial charge in [-0.15, -0.1) is 0 Å². The molecule has 0 radical (unpaired) electrons. The number of nitrogens with two attached hydrogens (primary N) is 1. The first-order valence-electron chi connectivity index (χ1n) is 6.25. The highest BCUT2D eigenvalue weighted by Gasteiger charge is 2.37. The molecule has 1 heterocycles. The SMILES string of the molecule is CCC(C)C1NNC(N)C1c1cc(F)cc(F)c1. The molecule has 0 saturated carbocycles. The van der Waals surface area contributed by atoms with Crippen LogP contribution in [0, 0.1) is 17.6 Å². The molecule has 0 aromatic heterocycles. The molecule has 0 spiro atoms. The highest BCUT2D eigenvalue weighted by atomic mass is 19.1. The van der Waals surface area contributed by atoms with Crippen molar-refractivity contribution in [3.05, 3.63) is 35.4 Å². The fourth-order valence-corrected chi connectivity index (χ4v) is 2.53. The normalized spacial score (nSPS) is 29.5. The van der Waals surface area contributed by atoms with E-state index in [2.05, 4.69) is 24.7 Å². The Labute approximate surface area is 106 Å². The average Bonchev–Trinajstić information content (AvgIpc) is 2.69. The van der Waals surface area contributed by atoms with Crippen molar-refractivity contribution in [2.24, 2.45) is 11.7 Å². The van der Waals surface area contributed by atoms with E-state index in [-0.39, 0.29) is 18.1 Å². The molecule has 5 heteroatoms. The Hall–Kier alpha value is -1.04. The maximum Gasteiger partial charge on any atom is 0.126 e. The van der Waals surface area contributed by atoms with Crippen molar-refractivity contribution in [1.82, 2.24) is 10.9 Å². The van der Waals surface area contributed by atoms with E-state index in [4.69, 9.17) is 5.73 Å². The van der Waals surface area contributed by atoms with Crippen LogP contribution in [0.5, 0.6) is 0 Å². The zero-order chi connectivity index (χ0) is 13.3. The Kier molecular flexibility index (Phi) is 3.94. The van der Waals surface area contributed by atoms with E-state index in [0.717, 1.165) is 12.5 Å². The third kappa shape index (κ3) is 2.53. The molecule has 1 aromatic carbocycles. The molecule has 1 fully saturated rings. The Morgan fingerprint density at radius 3 is 2.39 bits per heavy atom. The van der Waals surface area contributed by atoms with E-state index < -0.39 is 11.6 Å². The van der Waals surface area contributed by atoms with Crippen LogP contribution >= 0.6 is 0 Å². The largest absolute Gasteiger partial charge is 0.314 e. The minimum atomic E-state index is -0.563. The van der Waals surface area contributed by atoms with E-state index in [9.17, 15) is 8.78 Å². The van der Waals surface area contributed by atoms with Gasteiger partial charge in [-0.1, -0.05) is 20.3 Å². The Bertz CT molecular complexity index is 404. The predicted octanol–water partition coefficient (Wildman–Crippen LogP) is 1.86. The summed E-state index contributed by atoms with van der Waals surface area (Å²) in [7, 11) is 0. The molecule has 1 saturated heterocycles. The van der Waals surface area contributed by atoms with Crippen LogP contribution in [0.3, 0.4) is 0 Å². The third-order valence-electron chi connectivity index (χ3n) is 3.72. The number of halogens is 2. The summed E-state index contributed by atoms with van der Waals surface area (Å²) in [5.41, 5.74) is 12.7. The van der Waals surface area contributed by atoms with Gasteiger partial charge >= 0.3 is 0 Å². The van der Waals surface area contributed by atoms with Gasteiger partial charge in [-0.2, -0.15) is 0 Å². The molecule has 3 nitrogen and oxygen atoms in total. The second kappa shape index (κ2) is 5.30. The first kappa shape index (κ1) is 13.4. The van der Waals surface area contributed by atoms with Crippen LogP contribution in [0.25, 0.3) is 0 Å². The third-order valence-corrected chi connectivity index (χ3v) is 3.72. The average molecular weight is 255 g/mol. The molecule has 1 aliphatic heterocycles. The van der Waals surface area contributed by atoms with Crippen molar-refractivity contribution in [2.45, 2.75) is 38.4 Å². The monoisotopic (exact) mass is 255 g/mol. The summed E-state index contributed by atoms with van der Waals surface area (Å²) in [6.45, 7) is 4.18. The molecule has 4 N–H and O–H groups in total. The molecule has 0 bridgehead atoms. The lowest BCUT2D eigenvalue weighted by molar-refractivity contribution is 0.367. The van der Waals surface area contributed by atoms with Gasteiger partial charge in [-0.05, 0) is 23.6 Å². The summed E-state index contributed by atoms with van der Waals surface area (Å²) < 4.78 is 26.6. The van der Waals surface area contributed by atoms with Gasteiger partial charge in [0, 0.05) is 18.0 Å². The van der Waals surface area contributed by atoms with Crippen molar-refractivity contribution >= 4 is 0 Å². The molecule has 18 heavy (non-hydrogen) atoms. The van der Waals surface area contributed by atoms with Crippen LogP contribution in [0.2, 0.25) is 0 Å². The number of hydrogen-bond donors (Lipinski definition) is 3. The topological polar surface area (TPSA) is 50.1 Å². The lowest BCUT2D eigenvalue weighted by Gasteiger charge is -2.25. The van der Waals surface area contributed by atoms with Gasteiger partial charge in [0.1, 0.15) is 11.6 Å². The zero-order valence-electron chi connectivity index (χ0n) is 10.6. The second-order valence-corrected chi connectivity index (χ2v) is 4.95. The van der Waals surface area contributed by atoms with Crippen LogP contribution < -0.4 is 16.6 Å². The smallest absolute Gasteiger partial charge is 0.126 e. The maximum atomic E-state index is 13.3. The number of rotatable bonds is 3. The van der Waals surface area contributed by atoms with Gasteiger partial charge in [0.15, 0.2) is 0 Å². The van der Waals surface area contributed by atoms with E-state index in [0.29, 0.717) is 11.5 Å². The van der Waals surface area contributed by atoms with Gasteiger partial charge in [-0.3, -0.25) is 5.43 Å².